The molecule has 2 aliphatic heterocycles. The van der Waals surface area contributed by atoms with E-state index in [-0.39, 0.29) is 11.6 Å². The van der Waals surface area contributed by atoms with E-state index in [1.165, 1.54) is 6.42 Å². The minimum absolute atomic E-state index is 0.00455. The zero-order valence-electron chi connectivity index (χ0n) is 10.4. The molecule has 94 valence electrons. The van der Waals surface area contributed by atoms with Crippen molar-refractivity contribution in [3.63, 3.8) is 0 Å². The molecule has 3 atom stereocenters. The molecule has 0 spiro atoms. The van der Waals surface area contributed by atoms with E-state index in [0.29, 0.717) is 6.04 Å². The quantitative estimate of drug-likeness (QED) is 0.752. The maximum atomic E-state index is 6.18. The molecule has 0 radical (unpaired) electrons. The van der Waals surface area contributed by atoms with Gasteiger partial charge >= 0.3 is 0 Å². The summed E-state index contributed by atoms with van der Waals surface area (Å²) < 4.78 is 11.2. The maximum absolute atomic E-state index is 6.18. The van der Waals surface area contributed by atoms with Crippen molar-refractivity contribution in [2.45, 2.75) is 43.9 Å². The highest BCUT2D eigenvalue weighted by atomic mass is 16.5. The minimum atomic E-state index is -0.00455. The van der Waals surface area contributed by atoms with Crippen molar-refractivity contribution >= 4 is 0 Å². The molecular formula is C12H24N2O2. The number of likely N-dealkylation sites (tertiary alicyclic amines) is 1. The van der Waals surface area contributed by atoms with Crippen molar-refractivity contribution in [2.75, 3.05) is 33.4 Å². The molecule has 2 rings (SSSR count). The van der Waals surface area contributed by atoms with Gasteiger partial charge in [0, 0.05) is 32.3 Å². The van der Waals surface area contributed by atoms with Crippen LogP contribution < -0.4 is 5.73 Å². The van der Waals surface area contributed by atoms with Gasteiger partial charge in [0.1, 0.15) is 0 Å². The van der Waals surface area contributed by atoms with E-state index in [9.17, 15) is 0 Å². The predicted octanol–water partition coefficient (Wildman–Crippen LogP) is 0.604. The lowest BCUT2D eigenvalue weighted by Gasteiger charge is -2.45. The lowest BCUT2D eigenvalue weighted by atomic mass is 9.91. The third-order valence-electron chi connectivity index (χ3n) is 4.03. The van der Waals surface area contributed by atoms with Crippen LogP contribution in [0, 0.1) is 0 Å². The van der Waals surface area contributed by atoms with E-state index in [0.717, 1.165) is 39.1 Å². The second kappa shape index (κ2) is 5.00. The number of rotatable bonds is 2. The summed E-state index contributed by atoms with van der Waals surface area (Å²) in [7, 11) is 1.81. The van der Waals surface area contributed by atoms with Crippen LogP contribution in [0.3, 0.4) is 0 Å². The van der Waals surface area contributed by atoms with Crippen molar-refractivity contribution in [2.24, 2.45) is 5.73 Å². The zero-order chi connectivity index (χ0) is 11.6. The molecule has 0 amide bonds. The van der Waals surface area contributed by atoms with Crippen LogP contribution in [0.1, 0.15) is 26.2 Å². The fourth-order valence-electron chi connectivity index (χ4n) is 2.81. The number of methoxy groups -OCH3 is 1. The molecule has 0 saturated carbocycles. The molecule has 2 fully saturated rings. The Morgan fingerprint density at radius 3 is 3.00 bits per heavy atom. The van der Waals surface area contributed by atoms with Crippen LogP contribution >= 0.6 is 0 Å². The SMILES string of the molecule is COC1(C)CCCN(C2COCCC2N)C1. The van der Waals surface area contributed by atoms with Crippen LogP contribution in [-0.2, 0) is 9.47 Å². The highest BCUT2D eigenvalue weighted by Gasteiger charge is 2.36. The summed E-state index contributed by atoms with van der Waals surface area (Å²) in [6.45, 7) is 5.88. The van der Waals surface area contributed by atoms with Gasteiger partial charge in [-0.3, -0.25) is 4.90 Å². The predicted molar refractivity (Wildman–Crippen MR) is 63.4 cm³/mol. The van der Waals surface area contributed by atoms with Crippen LogP contribution in [0.15, 0.2) is 0 Å². The van der Waals surface area contributed by atoms with Crippen LogP contribution in [0.5, 0.6) is 0 Å². The number of nitrogens with zero attached hydrogens (tertiary/aromatic N) is 1. The van der Waals surface area contributed by atoms with E-state index in [4.69, 9.17) is 15.2 Å². The first-order valence-corrected chi connectivity index (χ1v) is 6.27. The zero-order valence-corrected chi connectivity index (χ0v) is 10.4. The molecule has 2 heterocycles. The molecule has 0 aromatic rings. The first kappa shape index (κ1) is 12.3. The standard InChI is InChI=1S/C12H24N2O2/c1-12(15-2)5-3-6-14(9-12)11-8-16-7-4-10(11)13/h10-11H,3-9,13H2,1-2H3. The van der Waals surface area contributed by atoms with Crippen LogP contribution in [0.4, 0.5) is 0 Å². The van der Waals surface area contributed by atoms with Gasteiger partial charge in [0.25, 0.3) is 0 Å². The summed E-state index contributed by atoms with van der Waals surface area (Å²) in [5, 5.41) is 0. The molecule has 4 nitrogen and oxygen atoms in total. The smallest absolute Gasteiger partial charge is 0.0777 e. The van der Waals surface area contributed by atoms with E-state index in [1.807, 2.05) is 0 Å². The Hall–Kier alpha value is -0.160. The van der Waals surface area contributed by atoms with Gasteiger partial charge in [0.05, 0.1) is 12.2 Å². The van der Waals surface area contributed by atoms with Gasteiger partial charge in [0.2, 0.25) is 0 Å². The van der Waals surface area contributed by atoms with Gasteiger partial charge in [-0.2, -0.15) is 0 Å². The Labute approximate surface area is 98.1 Å². The average Bonchev–Trinajstić information content (AvgIpc) is 2.30. The highest BCUT2D eigenvalue weighted by molar-refractivity contribution is 4.92. The van der Waals surface area contributed by atoms with E-state index in [1.54, 1.807) is 7.11 Å². The monoisotopic (exact) mass is 228 g/mol. The van der Waals surface area contributed by atoms with Crippen molar-refractivity contribution in [1.82, 2.24) is 4.90 Å². The Morgan fingerprint density at radius 2 is 2.31 bits per heavy atom. The Morgan fingerprint density at radius 1 is 1.50 bits per heavy atom. The van der Waals surface area contributed by atoms with Crippen molar-refractivity contribution in [1.29, 1.82) is 0 Å². The van der Waals surface area contributed by atoms with Crippen LogP contribution in [0.2, 0.25) is 0 Å². The third-order valence-corrected chi connectivity index (χ3v) is 4.03. The third kappa shape index (κ3) is 2.56. The number of nitrogens with two attached hydrogens (primary N) is 1. The van der Waals surface area contributed by atoms with E-state index in [2.05, 4.69) is 11.8 Å². The van der Waals surface area contributed by atoms with E-state index >= 15 is 0 Å². The fraction of sp³-hybridized carbons (Fsp3) is 1.00. The van der Waals surface area contributed by atoms with Crippen molar-refractivity contribution in [3.8, 4) is 0 Å². The van der Waals surface area contributed by atoms with Gasteiger partial charge in [-0.25, -0.2) is 0 Å². The molecule has 0 aromatic carbocycles. The molecular weight excluding hydrogens is 204 g/mol. The number of hydrogen-bond acceptors (Lipinski definition) is 4. The number of hydrogen-bond donors (Lipinski definition) is 1. The lowest BCUT2D eigenvalue weighted by Crippen LogP contribution is -2.59. The van der Waals surface area contributed by atoms with Crippen LogP contribution in [-0.4, -0.2) is 56.0 Å². The van der Waals surface area contributed by atoms with Crippen LogP contribution in [0.25, 0.3) is 0 Å². The molecule has 3 unspecified atom stereocenters. The summed E-state index contributed by atoms with van der Waals surface area (Å²) in [6, 6.07) is 0.636. The molecule has 4 heteroatoms. The molecule has 2 saturated heterocycles. The van der Waals surface area contributed by atoms with Gasteiger partial charge < -0.3 is 15.2 Å². The Kier molecular flexibility index (Phi) is 3.85. The summed E-state index contributed by atoms with van der Waals surface area (Å²) in [5.74, 6) is 0. The van der Waals surface area contributed by atoms with Gasteiger partial charge in [-0.15, -0.1) is 0 Å². The summed E-state index contributed by atoms with van der Waals surface area (Å²) in [4.78, 5) is 2.46. The highest BCUT2D eigenvalue weighted by Crippen LogP contribution is 2.27. The lowest BCUT2D eigenvalue weighted by molar-refractivity contribution is -0.0829. The van der Waals surface area contributed by atoms with Crippen molar-refractivity contribution < 1.29 is 9.47 Å². The van der Waals surface area contributed by atoms with Gasteiger partial charge in [-0.05, 0) is 32.7 Å². The second-order valence-electron chi connectivity index (χ2n) is 5.32. The van der Waals surface area contributed by atoms with Gasteiger partial charge in [-0.1, -0.05) is 0 Å². The van der Waals surface area contributed by atoms with Crippen molar-refractivity contribution in [3.05, 3.63) is 0 Å². The normalized spacial score (nSPS) is 42.2. The minimum Gasteiger partial charge on any atom is -0.380 e. The largest absolute Gasteiger partial charge is 0.380 e. The first-order chi connectivity index (χ1) is 7.64. The summed E-state index contributed by atoms with van der Waals surface area (Å²) in [5.41, 5.74) is 6.17. The molecule has 2 N–H and O–H groups in total. The topological polar surface area (TPSA) is 47.7 Å². The molecule has 2 aliphatic rings. The number of ether oxygens (including phenoxy) is 2. The number of piperidine rings is 1. The Bertz CT molecular complexity index is 237. The summed E-state index contributed by atoms with van der Waals surface area (Å²) in [6.07, 6.45) is 3.31. The fourth-order valence-corrected chi connectivity index (χ4v) is 2.81. The molecule has 0 aromatic heterocycles. The molecule has 0 bridgehead atoms. The maximum Gasteiger partial charge on any atom is 0.0777 e. The molecule has 0 aliphatic carbocycles. The van der Waals surface area contributed by atoms with E-state index < -0.39 is 0 Å². The second-order valence-corrected chi connectivity index (χ2v) is 5.32. The van der Waals surface area contributed by atoms with Gasteiger partial charge in [0.15, 0.2) is 0 Å². The first-order valence-electron chi connectivity index (χ1n) is 6.27. The Balaban J connectivity index is 1.97. The summed E-state index contributed by atoms with van der Waals surface area (Å²) >= 11 is 0. The molecule has 16 heavy (non-hydrogen) atoms. The average molecular weight is 228 g/mol.